The molecule has 4 heteroatoms. The van der Waals surface area contributed by atoms with E-state index in [-0.39, 0.29) is 0 Å². The predicted octanol–water partition coefficient (Wildman–Crippen LogP) is 13.5. The van der Waals surface area contributed by atoms with Crippen LogP contribution >= 0.6 is 11.8 Å². The van der Waals surface area contributed by atoms with Gasteiger partial charge < -0.3 is 15.2 Å². The molecule has 9 rings (SSSR count). The lowest BCUT2D eigenvalue weighted by atomic mass is 10.00. The lowest BCUT2D eigenvalue weighted by Gasteiger charge is -2.26. The first-order chi connectivity index (χ1) is 26.2. The van der Waals surface area contributed by atoms with Crippen molar-refractivity contribution in [2.24, 2.45) is 0 Å². The number of hydrogen-bond acceptors (Lipinski definition) is 3. The first-order valence-electron chi connectivity index (χ1n) is 17.9. The number of rotatable bonds is 9. The van der Waals surface area contributed by atoms with Crippen LogP contribution in [0.3, 0.4) is 0 Å². The molecule has 2 N–H and O–H groups in total. The Morgan fingerprint density at radius 1 is 0.453 bits per heavy atom. The third-order valence-electron chi connectivity index (χ3n) is 9.89. The van der Waals surface area contributed by atoms with Crippen LogP contribution in [0.5, 0.6) is 0 Å². The molecular formula is C49H37N3S. The van der Waals surface area contributed by atoms with Crippen molar-refractivity contribution in [2.45, 2.75) is 10.6 Å². The fourth-order valence-corrected chi connectivity index (χ4v) is 8.20. The standard InChI is InChI=1S/C49H37N3S/c50-44-17-8-10-21-48(44)53-34-35-22-30-42(31-23-35)52-45-18-9-7-16-43(45)49-46(19-11-20-47(49)52)51(40-14-5-2-6-15-40)41-32-28-39(29-33-41)38-26-24-37(25-27-38)36-12-3-1-4-13-36/h1-33H,34,50H2. The van der Waals surface area contributed by atoms with E-state index in [0.29, 0.717) is 0 Å². The zero-order valence-corrected chi connectivity index (χ0v) is 30.0. The average Bonchev–Trinajstić information content (AvgIpc) is 3.57. The summed E-state index contributed by atoms with van der Waals surface area (Å²) in [4.78, 5) is 3.50. The van der Waals surface area contributed by atoms with Crippen LogP contribution in [0.1, 0.15) is 5.56 Å². The molecule has 0 bridgehead atoms. The summed E-state index contributed by atoms with van der Waals surface area (Å²) in [6.07, 6.45) is 0. The van der Waals surface area contributed by atoms with Gasteiger partial charge in [0.05, 0.1) is 16.7 Å². The minimum Gasteiger partial charge on any atom is -0.398 e. The van der Waals surface area contributed by atoms with Crippen molar-refractivity contribution < 1.29 is 0 Å². The fraction of sp³-hybridized carbons (Fsp3) is 0.0204. The highest BCUT2D eigenvalue weighted by molar-refractivity contribution is 7.98. The second kappa shape index (κ2) is 14.3. The highest BCUT2D eigenvalue weighted by Gasteiger charge is 2.21. The Balaban J connectivity index is 1.10. The van der Waals surface area contributed by atoms with Gasteiger partial charge in [0, 0.05) is 44.2 Å². The summed E-state index contributed by atoms with van der Waals surface area (Å²) >= 11 is 1.77. The number of benzene rings is 8. The number of anilines is 4. The van der Waals surface area contributed by atoms with Crippen LogP contribution in [0, 0.1) is 0 Å². The minimum atomic E-state index is 0.824. The predicted molar refractivity (Wildman–Crippen MR) is 227 cm³/mol. The summed E-state index contributed by atoms with van der Waals surface area (Å²) < 4.78 is 2.39. The monoisotopic (exact) mass is 699 g/mol. The third-order valence-corrected chi connectivity index (χ3v) is 11.1. The molecule has 3 nitrogen and oxygen atoms in total. The smallest absolute Gasteiger partial charge is 0.0562 e. The van der Waals surface area contributed by atoms with Crippen LogP contribution in [0.25, 0.3) is 49.7 Å². The van der Waals surface area contributed by atoms with Crippen molar-refractivity contribution in [1.29, 1.82) is 0 Å². The number of aromatic nitrogens is 1. The SMILES string of the molecule is Nc1ccccc1SCc1ccc(-n2c3ccccc3c3c(N(c4ccccc4)c4ccc(-c5ccc(-c6ccccc6)cc5)cc4)cccc32)cc1. The molecule has 0 aliphatic rings. The molecule has 254 valence electrons. The van der Waals surface area contributed by atoms with Crippen LogP contribution in [-0.4, -0.2) is 4.57 Å². The third kappa shape index (κ3) is 6.35. The van der Waals surface area contributed by atoms with Crippen LogP contribution < -0.4 is 10.6 Å². The zero-order valence-electron chi connectivity index (χ0n) is 29.1. The number of fused-ring (bicyclic) bond motifs is 3. The van der Waals surface area contributed by atoms with Gasteiger partial charge in [-0.05, 0) is 94.5 Å². The van der Waals surface area contributed by atoms with E-state index in [1.54, 1.807) is 11.8 Å². The van der Waals surface area contributed by atoms with Crippen molar-refractivity contribution in [3.05, 3.63) is 206 Å². The van der Waals surface area contributed by atoms with Gasteiger partial charge in [-0.2, -0.15) is 0 Å². The van der Waals surface area contributed by atoms with Gasteiger partial charge in [-0.1, -0.05) is 133 Å². The van der Waals surface area contributed by atoms with Gasteiger partial charge in [0.2, 0.25) is 0 Å². The first kappa shape index (κ1) is 32.4. The molecule has 0 saturated heterocycles. The number of nitrogen functional groups attached to an aromatic ring is 1. The molecule has 0 amide bonds. The number of thioether (sulfide) groups is 1. The number of nitrogens with zero attached hydrogens (tertiary/aromatic N) is 2. The van der Waals surface area contributed by atoms with Gasteiger partial charge in [0.25, 0.3) is 0 Å². The molecule has 0 fully saturated rings. The Labute approximate surface area is 314 Å². The largest absolute Gasteiger partial charge is 0.398 e. The lowest BCUT2D eigenvalue weighted by molar-refractivity contribution is 1.17. The first-order valence-corrected chi connectivity index (χ1v) is 18.9. The van der Waals surface area contributed by atoms with Gasteiger partial charge in [0.15, 0.2) is 0 Å². The van der Waals surface area contributed by atoms with Crippen molar-refractivity contribution in [3.63, 3.8) is 0 Å². The number of nitrogens with two attached hydrogens (primary N) is 1. The van der Waals surface area contributed by atoms with Gasteiger partial charge in [-0.3, -0.25) is 0 Å². The molecule has 0 atom stereocenters. The van der Waals surface area contributed by atoms with E-state index in [1.807, 2.05) is 18.2 Å². The molecule has 9 aromatic rings. The van der Waals surface area contributed by atoms with Crippen molar-refractivity contribution >= 4 is 56.3 Å². The highest BCUT2D eigenvalue weighted by atomic mass is 32.2. The van der Waals surface area contributed by atoms with E-state index in [1.165, 1.54) is 49.6 Å². The molecule has 0 spiro atoms. The molecule has 8 aromatic carbocycles. The second-order valence-corrected chi connectivity index (χ2v) is 14.2. The Morgan fingerprint density at radius 2 is 1.00 bits per heavy atom. The van der Waals surface area contributed by atoms with E-state index < -0.39 is 0 Å². The van der Waals surface area contributed by atoms with Crippen LogP contribution in [0.4, 0.5) is 22.7 Å². The zero-order chi connectivity index (χ0) is 35.6. The van der Waals surface area contributed by atoms with E-state index in [2.05, 4.69) is 191 Å². The Morgan fingerprint density at radius 3 is 1.70 bits per heavy atom. The average molecular weight is 700 g/mol. The van der Waals surface area contributed by atoms with Gasteiger partial charge >= 0.3 is 0 Å². The number of para-hydroxylation sites is 3. The Kier molecular flexibility index (Phi) is 8.72. The summed E-state index contributed by atoms with van der Waals surface area (Å²) in [7, 11) is 0. The molecule has 1 aromatic heterocycles. The summed E-state index contributed by atoms with van der Waals surface area (Å²) in [5.41, 5.74) is 19.9. The van der Waals surface area contributed by atoms with Gasteiger partial charge in [0.1, 0.15) is 0 Å². The van der Waals surface area contributed by atoms with E-state index in [0.717, 1.165) is 39.1 Å². The molecule has 0 aliphatic heterocycles. The second-order valence-electron chi connectivity index (χ2n) is 13.2. The topological polar surface area (TPSA) is 34.2 Å². The van der Waals surface area contributed by atoms with Crippen molar-refractivity contribution in [1.82, 2.24) is 4.57 Å². The maximum Gasteiger partial charge on any atom is 0.0562 e. The number of hydrogen-bond donors (Lipinski definition) is 1. The molecule has 0 aliphatic carbocycles. The maximum absolute atomic E-state index is 6.21. The van der Waals surface area contributed by atoms with Crippen LogP contribution in [0.15, 0.2) is 205 Å². The summed E-state index contributed by atoms with van der Waals surface area (Å²) in [6.45, 7) is 0. The van der Waals surface area contributed by atoms with Crippen molar-refractivity contribution in [2.75, 3.05) is 10.6 Å². The molecule has 1 heterocycles. The summed E-state index contributed by atoms with van der Waals surface area (Å²) in [6, 6.07) is 71.4. The maximum atomic E-state index is 6.21. The summed E-state index contributed by atoms with van der Waals surface area (Å²) in [5, 5.41) is 2.43. The molecule has 0 unspecified atom stereocenters. The molecule has 53 heavy (non-hydrogen) atoms. The molecule has 0 radical (unpaired) electrons. The minimum absolute atomic E-state index is 0.824. The van der Waals surface area contributed by atoms with E-state index in [9.17, 15) is 0 Å². The van der Waals surface area contributed by atoms with Gasteiger partial charge in [-0.25, -0.2) is 0 Å². The molecular weight excluding hydrogens is 663 g/mol. The summed E-state index contributed by atoms with van der Waals surface area (Å²) in [5.74, 6) is 0.857. The van der Waals surface area contributed by atoms with E-state index in [4.69, 9.17) is 5.73 Å². The van der Waals surface area contributed by atoms with Crippen molar-refractivity contribution in [3.8, 4) is 27.9 Å². The molecule has 0 saturated carbocycles. The van der Waals surface area contributed by atoms with Crippen LogP contribution in [0.2, 0.25) is 0 Å². The fourth-order valence-electron chi connectivity index (χ4n) is 7.27. The van der Waals surface area contributed by atoms with Gasteiger partial charge in [-0.15, -0.1) is 11.8 Å². The quantitative estimate of drug-likeness (QED) is 0.120. The highest BCUT2D eigenvalue weighted by Crippen LogP contribution is 2.44. The normalized spacial score (nSPS) is 11.2. The Hall–Kier alpha value is -6.49. The van der Waals surface area contributed by atoms with E-state index >= 15 is 0 Å². The lowest BCUT2D eigenvalue weighted by Crippen LogP contribution is -2.10. The Bertz CT molecular complexity index is 2650. The van der Waals surface area contributed by atoms with Crippen LogP contribution in [-0.2, 0) is 5.75 Å².